The Bertz CT molecular complexity index is 1060. The molecule has 0 radical (unpaired) electrons. The largest absolute Gasteiger partial charge is 0.355 e. The van der Waals surface area contributed by atoms with E-state index in [0.717, 1.165) is 4.68 Å². The molecule has 3 aromatic rings. The van der Waals surface area contributed by atoms with Crippen LogP contribution in [-0.4, -0.2) is 28.6 Å². The molecule has 27 heavy (non-hydrogen) atoms. The van der Waals surface area contributed by atoms with E-state index in [1.54, 1.807) is 30.3 Å². The van der Waals surface area contributed by atoms with Gasteiger partial charge in [-0.05, 0) is 36.4 Å². The molecule has 2 amide bonds. The number of para-hydroxylation sites is 1. The van der Waals surface area contributed by atoms with Gasteiger partial charge in [0.15, 0.2) is 0 Å². The van der Waals surface area contributed by atoms with Gasteiger partial charge in [-0.3, -0.25) is 14.4 Å². The van der Waals surface area contributed by atoms with E-state index in [-0.39, 0.29) is 27.9 Å². The smallest absolute Gasteiger partial charge is 0.276 e. The first kappa shape index (κ1) is 18.3. The van der Waals surface area contributed by atoms with Gasteiger partial charge >= 0.3 is 0 Å². The number of aromatic nitrogens is 2. The number of hydrogen-bond acceptors (Lipinski definition) is 4. The highest BCUT2D eigenvalue weighted by Crippen LogP contribution is 2.23. The monoisotopic (exact) mass is 382 g/mol. The molecule has 0 aliphatic heterocycles. The minimum Gasteiger partial charge on any atom is -0.355 e. The van der Waals surface area contributed by atoms with Crippen LogP contribution in [0, 0.1) is 0 Å². The number of carbonyl (C=O) groups excluding carboxylic acids is 2. The fourth-order valence-electron chi connectivity index (χ4n) is 2.38. The van der Waals surface area contributed by atoms with Gasteiger partial charge in [0.2, 0.25) is 0 Å². The molecule has 0 aliphatic rings. The second-order valence-corrected chi connectivity index (χ2v) is 5.94. The van der Waals surface area contributed by atoms with Crippen LogP contribution in [0.4, 0.5) is 5.69 Å². The first-order valence-corrected chi connectivity index (χ1v) is 8.36. The number of carbonyl (C=O) groups is 2. The predicted molar refractivity (Wildman–Crippen MR) is 103 cm³/mol. The summed E-state index contributed by atoms with van der Waals surface area (Å²) < 4.78 is 1.14. The highest BCUT2D eigenvalue weighted by atomic mass is 35.5. The van der Waals surface area contributed by atoms with Crippen molar-refractivity contribution in [1.82, 2.24) is 15.1 Å². The third-order valence-corrected chi connectivity index (χ3v) is 4.07. The molecule has 136 valence electrons. The summed E-state index contributed by atoms with van der Waals surface area (Å²) in [5.41, 5.74) is 0.815. The van der Waals surface area contributed by atoms with E-state index in [1.807, 2.05) is 6.07 Å². The van der Waals surface area contributed by atoms with E-state index in [2.05, 4.69) is 15.7 Å². The lowest BCUT2D eigenvalue weighted by atomic mass is 10.2. The van der Waals surface area contributed by atoms with Crippen molar-refractivity contribution in [2.45, 2.75) is 0 Å². The van der Waals surface area contributed by atoms with E-state index >= 15 is 0 Å². The highest BCUT2D eigenvalue weighted by molar-refractivity contribution is 6.34. The van der Waals surface area contributed by atoms with Crippen LogP contribution in [0.25, 0.3) is 5.69 Å². The van der Waals surface area contributed by atoms with Crippen LogP contribution in [-0.2, 0) is 0 Å². The number of anilines is 1. The molecule has 0 atom stereocenters. The molecule has 0 saturated heterocycles. The number of hydrogen-bond donors (Lipinski definition) is 2. The maximum absolute atomic E-state index is 12.6. The topological polar surface area (TPSA) is 93.1 Å². The summed E-state index contributed by atoms with van der Waals surface area (Å²) in [6.07, 6.45) is 0. The van der Waals surface area contributed by atoms with E-state index in [9.17, 15) is 14.4 Å². The summed E-state index contributed by atoms with van der Waals surface area (Å²) in [5, 5.41) is 9.50. The van der Waals surface area contributed by atoms with Crippen molar-refractivity contribution >= 4 is 29.1 Å². The van der Waals surface area contributed by atoms with Crippen LogP contribution in [0.1, 0.15) is 20.8 Å². The van der Waals surface area contributed by atoms with Crippen LogP contribution in [0.2, 0.25) is 5.02 Å². The SMILES string of the molecule is CNC(=O)c1ccc(Cl)c(NC(=O)c2ccc(=O)n(-c3ccccc3)n2)c1. The normalized spacial score (nSPS) is 10.3. The fourth-order valence-corrected chi connectivity index (χ4v) is 2.54. The van der Waals surface area contributed by atoms with Crippen LogP contribution >= 0.6 is 11.6 Å². The second-order valence-electron chi connectivity index (χ2n) is 5.53. The molecule has 1 heterocycles. The first-order chi connectivity index (χ1) is 13.0. The standard InChI is InChI=1S/C19H15ClN4O3/c1-21-18(26)12-7-8-14(20)16(11-12)22-19(27)15-9-10-17(25)24(23-15)13-5-3-2-4-6-13/h2-11H,1H3,(H,21,26)(H,22,27). The quantitative estimate of drug-likeness (QED) is 0.725. The summed E-state index contributed by atoms with van der Waals surface area (Å²) in [5.74, 6) is -0.867. The van der Waals surface area contributed by atoms with Crippen LogP contribution in [0.3, 0.4) is 0 Å². The Morgan fingerprint density at radius 3 is 2.44 bits per heavy atom. The number of benzene rings is 2. The van der Waals surface area contributed by atoms with Gasteiger partial charge < -0.3 is 10.6 Å². The molecule has 2 N–H and O–H groups in total. The molecule has 0 bridgehead atoms. The molecule has 0 fully saturated rings. The Morgan fingerprint density at radius 1 is 1.00 bits per heavy atom. The summed E-state index contributed by atoms with van der Waals surface area (Å²) in [6.45, 7) is 0. The van der Waals surface area contributed by atoms with Gasteiger partial charge in [0, 0.05) is 18.7 Å². The van der Waals surface area contributed by atoms with Crippen molar-refractivity contribution < 1.29 is 9.59 Å². The van der Waals surface area contributed by atoms with Gasteiger partial charge in [-0.2, -0.15) is 9.78 Å². The van der Waals surface area contributed by atoms with Crippen molar-refractivity contribution in [3.63, 3.8) is 0 Å². The molecule has 3 rings (SSSR count). The average molecular weight is 383 g/mol. The minimum atomic E-state index is -0.560. The van der Waals surface area contributed by atoms with Crippen molar-refractivity contribution in [2.75, 3.05) is 12.4 Å². The molecule has 8 heteroatoms. The summed E-state index contributed by atoms with van der Waals surface area (Å²) in [6, 6.07) is 15.9. The third kappa shape index (κ3) is 4.04. The number of nitrogens with zero attached hydrogens (tertiary/aromatic N) is 2. The van der Waals surface area contributed by atoms with Crippen molar-refractivity contribution in [2.24, 2.45) is 0 Å². The Balaban J connectivity index is 1.92. The summed E-state index contributed by atoms with van der Waals surface area (Å²) in [4.78, 5) is 36.4. The van der Waals surface area contributed by atoms with Gasteiger partial charge in [0.25, 0.3) is 17.4 Å². The van der Waals surface area contributed by atoms with Crippen molar-refractivity contribution in [3.8, 4) is 5.69 Å². The molecular weight excluding hydrogens is 368 g/mol. The third-order valence-electron chi connectivity index (χ3n) is 3.74. The van der Waals surface area contributed by atoms with Gasteiger partial charge in [-0.25, -0.2) is 0 Å². The number of nitrogens with one attached hydrogen (secondary N) is 2. The maximum atomic E-state index is 12.6. The molecule has 1 aromatic heterocycles. The zero-order valence-electron chi connectivity index (χ0n) is 14.3. The van der Waals surface area contributed by atoms with Gasteiger partial charge in [0.1, 0.15) is 5.69 Å². The molecule has 7 nitrogen and oxygen atoms in total. The average Bonchev–Trinajstić information content (AvgIpc) is 2.70. The van der Waals surface area contributed by atoms with E-state index in [1.165, 1.54) is 31.3 Å². The minimum absolute atomic E-state index is 0.0277. The van der Waals surface area contributed by atoms with Gasteiger partial charge in [0.05, 0.1) is 16.4 Å². The van der Waals surface area contributed by atoms with E-state index in [0.29, 0.717) is 11.3 Å². The zero-order chi connectivity index (χ0) is 19.4. The molecule has 2 aromatic carbocycles. The van der Waals surface area contributed by atoms with Crippen LogP contribution in [0.15, 0.2) is 65.5 Å². The van der Waals surface area contributed by atoms with Crippen molar-refractivity contribution in [1.29, 1.82) is 0 Å². The number of amides is 2. The molecule has 0 saturated carbocycles. The van der Waals surface area contributed by atoms with Crippen LogP contribution in [0.5, 0.6) is 0 Å². The Hall–Kier alpha value is -3.45. The lowest BCUT2D eigenvalue weighted by molar-refractivity contribution is 0.0961. The molecular formula is C19H15ClN4O3. The molecule has 0 aliphatic carbocycles. The molecule has 0 spiro atoms. The van der Waals surface area contributed by atoms with Gasteiger partial charge in [-0.1, -0.05) is 29.8 Å². The van der Waals surface area contributed by atoms with Gasteiger partial charge in [-0.15, -0.1) is 0 Å². The Kier molecular flexibility index (Phi) is 5.33. The summed E-state index contributed by atoms with van der Waals surface area (Å²) >= 11 is 6.11. The zero-order valence-corrected chi connectivity index (χ0v) is 15.0. The number of halogens is 1. The fraction of sp³-hybridized carbons (Fsp3) is 0.0526. The number of rotatable bonds is 4. The van der Waals surface area contributed by atoms with Crippen molar-refractivity contribution in [3.05, 3.63) is 87.3 Å². The maximum Gasteiger partial charge on any atom is 0.276 e. The van der Waals surface area contributed by atoms with Crippen LogP contribution < -0.4 is 16.2 Å². The lowest BCUT2D eigenvalue weighted by Crippen LogP contribution is -2.25. The lowest BCUT2D eigenvalue weighted by Gasteiger charge is -2.10. The molecule has 0 unspecified atom stereocenters. The van der Waals surface area contributed by atoms with E-state index in [4.69, 9.17) is 11.6 Å². The highest BCUT2D eigenvalue weighted by Gasteiger charge is 2.14. The van der Waals surface area contributed by atoms with E-state index < -0.39 is 5.91 Å². The summed E-state index contributed by atoms with van der Waals surface area (Å²) in [7, 11) is 1.51. The first-order valence-electron chi connectivity index (χ1n) is 7.98. The second kappa shape index (κ2) is 7.84. The predicted octanol–water partition coefficient (Wildman–Crippen LogP) is 2.50. The Labute approximate surface area is 159 Å². The Morgan fingerprint density at radius 2 is 1.74 bits per heavy atom.